The number of anilines is 1. The van der Waals surface area contributed by atoms with Crippen molar-refractivity contribution >= 4 is 16.6 Å². The topological polar surface area (TPSA) is 71.9 Å². The monoisotopic (exact) mass is 275 g/mol. The molecule has 1 aromatic heterocycles. The van der Waals surface area contributed by atoms with Crippen molar-refractivity contribution in [3.63, 3.8) is 0 Å². The van der Waals surface area contributed by atoms with Crippen LogP contribution in [0.3, 0.4) is 0 Å². The zero-order valence-corrected chi connectivity index (χ0v) is 11.3. The molecule has 0 radical (unpaired) electrons. The molecule has 2 N–H and O–H groups in total. The Kier molecular flexibility index (Phi) is 3.40. The molecule has 2 aromatic carbocycles. The van der Waals surface area contributed by atoms with Gasteiger partial charge in [-0.25, -0.2) is 0 Å². The van der Waals surface area contributed by atoms with Gasteiger partial charge in [-0.15, -0.1) is 0 Å². The second-order valence-corrected chi connectivity index (χ2v) is 4.64. The lowest BCUT2D eigenvalue weighted by Crippen LogP contribution is -1.99. The summed E-state index contributed by atoms with van der Waals surface area (Å²) in [6, 6.07) is 16.7. The zero-order chi connectivity index (χ0) is 14.7. The predicted molar refractivity (Wildman–Crippen MR) is 81.6 cm³/mol. The standard InChI is InChI=1S/C17H13N3O/c18-10-12-3-6-14(7-4-12)21-11-13-5-8-16(19)15-2-1-9-20-17(13)15/h1-9H,11,19H2. The van der Waals surface area contributed by atoms with Crippen LogP contribution < -0.4 is 10.5 Å². The maximum atomic E-state index is 8.77. The van der Waals surface area contributed by atoms with Crippen molar-refractivity contribution in [2.75, 3.05) is 5.73 Å². The second kappa shape index (κ2) is 5.51. The van der Waals surface area contributed by atoms with Gasteiger partial charge in [-0.2, -0.15) is 5.26 Å². The van der Waals surface area contributed by atoms with E-state index in [1.807, 2.05) is 24.3 Å². The van der Waals surface area contributed by atoms with Crippen molar-refractivity contribution in [3.05, 3.63) is 65.9 Å². The summed E-state index contributed by atoms with van der Waals surface area (Å²) in [4.78, 5) is 4.38. The number of hydrogen-bond donors (Lipinski definition) is 1. The molecule has 21 heavy (non-hydrogen) atoms. The second-order valence-electron chi connectivity index (χ2n) is 4.64. The number of nitrogens with zero attached hydrogens (tertiary/aromatic N) is 2. The molecule has 0 spiro atoms. The number of hydrogen-bond acceptors (Lipinski definition) is 4. The molecule has 3 rings (SSSR count). The number of fused-ring (bicyclic) bond motifs is 1. The van der Waals surface area contributed by atoms with Gasteiger partial charge in [0.1, 0.15) is 12.4 Å². The molecule has 0 aliphatic rings. The Morgan fingerprint density at radius 2 is 1.90 bits per heavy atom. The third-order valence-electron chi connectivity index (χ3n) is 3.26. The van der Waals surface area contributed by atoms with Crippen molar-refractivity contribution in [1.82, 2.24) is 4.98 Å². The SMILES string of the molecule is N#Cc1ccc(OCc2ccc(N)c3cccnc23)cc1. The molecular formula is C17H13N3O. The molecular weight excluding hydrogens is 262 g/mol. The third-order valence-corrected chi connectivity index (χ3v) is 3.26. The first kappa shape index (κ1) is 12.9. The lowest BCUT2D eigenvalue weighted by molar-refractivity contribution is 0.307. The average molecular weight is 275 g/mol. The highest BCUT2D eigenvalue weighted by Crippen LogP contribution is 2.23. The van der Waals surface area contributed by atoms with Crippen LogP contribution in [0.25, 0.3) is 10.9 Å². The minimum atomic E-state index is 0.402. The van der Waals surface area contributed by atoms with Gasteiger partial charge in [0.25, 0.3) is 0 Å². The summed E-state index contributed by atoms with van der Waals surface area (Å²) < 4.78 is 5.75. The summed E-state index contributed by atoms with van der Waals surface area (Å²) in [6.07, 6.45) is 1.74. The molecule has 3 aromatic rings. The summed E-state index contributed by atoms with van der Waals surface area (Å²) in [5.41, 5.74) is 9.10. The van der Waals surface area contributed by atoms with Gasteiger partial charge in [-0.1, -0.05) is 6.07 Å². The zero-order valence-electron chi connectivity index (χ0n) is 11.3. The summed E-state index contributed by atoms with van der Waals surface area (Å²) in [5, 5.41) is 9.70. The maximum Gasteiger partial charge on any atom is 0.119 e. The van der Waals surface area contributed by atoms with Gasteiger partial charge in [-0.05, 0) is 42.5 Å². The molecule has 0 bridgehead atoms. The van der Waals surface area contributed by atoms with E-state index in [-0.39, 0.29) is 0 Å². The van der Waals surface area contributed by atoms with Crippen molar-refractivity contribution in [2.24, 2.45) is 0 Å². The van der Waals surface area contributed by atoms with Gasteiger partial charge >= 0.3 is 0 Å². The number of nitriles is 1. The largest absolute Gasteiger partial charge is 0.489 e. The van der Waals surface area contributed by atoms with E-state index in [4.69, 9.17) is 15.7 Å². The van der Waals surface area contributed by atoms with Crippen molar-refractivity contribution in [1.29, 1.82) is 5.26 Å². The van der Waals surface area contributed by atoms with Crippen molar-refractivity contribution in [3.8, 4) is 11.8 Å². The van der Waals surface area contributed by atoms with Crippen LogP contribution in [0.2, 0.25) is 0 Å². The number of nitrogens with two attached hydrogens (primary N) is 1. The number of nitrogen functional groups attached to an aromatic ring is 1. The molecule has 4 nitrogen and oxygen atoms in total. The number of aromatic nitrogens is 1. The highest BCUT2D eigenvalue weighted by Gasteiger charge is 2.06. The fourth-order valence-electron chi connectivity index (χ4n) is 2.16. The van der Waals surface area contributed by atoms with Crippen molar-refractivity contribution in [2.45, 2.75) is 6.61 Å². The molecule has 102 valence electrons. The number of benzene rings is 2. The fraction of sp³-hybridized carbons (Fsp3) is 0.0588. The molecule has 0 aliphatic carbocycles. The first-order valence-corrected chi connectivity index (χ1v) is 6.53. The summed E-state index contributed by atoms with van der Waals surface area (Å²) >= 11 is 0. The van der Waals surface area contributed by atoms with E-state index in [1.165, 1.54) is 0 Å². The van der Waals surface area contributed by atoms with Gasteiger partial charge < -0.3 is 10.5 Å². The van der Waals surface area contributed by atoms with E-state index >= 15 is 0 Å². The molecule has 0 atom stereocenters. The molecule has 0 saturated carbocycles. The summed E-state index contributed by atoms with van der Waals surface area (Å²) in [7, 11) is 0. The molecule has 0 fully saturated rings. The highest BCUT2D eigenvalue weighted by molar-refractivity contribution is 5.92. The van der Waals surface area contributed by atoms with E-state index in [1.54, 1.807) is 30.5 Å². The van der Waals surface area contributed by atoms with Gasteiger partial charge in [0, 0.05) is 22.8 Å². The first-order chi connectivity index (χ1) is 10.3. The van der Waals surface area contributed by atoms with Crippen molar-refractivity contribution < 1.29 is 4.74 Å². The predicted octanol–water partition coefficient (Wildman–Crippen LogP) is 3.27. The Hall–Kier alpha value is -3.06. The Morgan fingerprint density at radius 3 is 2.67 bits per heavy atom. The van der Waals surface area contributed by atoms with E-state index < -0.39 is 0 Å². The van der Waals surface area contributed by atoms with Crippen LogP contribution in [0, 0.1) is 11.3 Å². The van der Waals surface area contributed by atoms with Crippen LogP contribution in [-0.4, -0.2) is 4.98 Å². The first-order valence-electron chi connectivity index (χ1n) is 6.53. The molecule has 0 saturated heterocycles. The normalized spacial score (nSPS) is 10.2. The lowest BCUT2D eigenvalue weighted by Gasteiger charge is -2.09. The number of ether oxygens (including phenoxy) is 1. The van der Waals surface area contributed by atoms with Crippen LogP contribution in [0.5, 0.6) is 5.75 Å². The number of pyridine rings is 1. The van der Waals surface area contributed by atoms with Crippen LogP contribution >= 0.6 is 0 Å². The molecule has 1 heterocycles. The summed E-state index contributed by atoms with van der Waals surface area (Å²) in [5.74, 6) is 0.718. The van der Waals surface area contributed by atoms with Gasteiger partial charge in [0.05, 0.1) is 17.1 Å². The van der Waals surface area contributed by atoms with Gasteiger partial charge in [-0.3, -0.25) is 4.98 Å². The Balaban J connectivity index is 1.85. The maximum absolute atomic E-state index is 8.77. The molecule has 4 heteroatoms. The van der Waals surface area contributed by atoms with E-state index in [0.717, 1.165) is 22.2 Å². The van der Waals surface area contributed by atoms with Crippen LogP contribution in [0.1, 0.15) is 11.1 Å². The minimum absolute atomic E-state index is 0.402. The molecule has 0 amide bonds. The molecule has 0 aliphatic heterocycles. The van der Waals surface area contributed by atoms with E-state index in [2.05, 4.69) is 11.1 Å². The van der Waals surface area contributed by atoms with Gasteiger partial charge in [0.2, 0.25) is 0 Å². The quantitative estimate of drug-likeness (QED) is 0.745. The summed E-state index contributed by atoms with van der Waals surface area (Å²) in [6.45, 7) is 0.402. The molecule has 0 unspecified atom stereocenters. The van der Waals surface area contributed by atoms with Crippen LogP contribution in [0.4, 0.5) is 5.69 Å². The van der Waals surface area contributed by atoms with Crippen LogP contribution in [-0.2, 0) is 6.61 Å². The average Bonchev–Trinajstić information content (AvgIpc) is 2.55. The smallest absolute Gasteiger partial charge is 0.119 e. The fourth-order valence-corrected chi connectivity index (χ4v) is 2.16. The Bertz CT molecular complexity index is 820. The van der Waals surface area contributed by atoms with Gasteiger partial charge in [0.15, 0.2) is 0 Å². The number of rotatable bonds is 3. The lowest BCUT2D eigenvalue weighted by atomic mass is 10.1. The highest BCUT2D eigenvalue weighted by atomic mass is 16.5. The van der Waals surface area contributed by atoms with E-state index in [9.17, 15) is 0 Å². The Labute approximate surface area is 122 Å². The van der Waals surface area contributed by atoms with E-state index in [0.29, 0.717) is 17.9 Å². The minimum Gasteiger partial charge on any atom is -0.489 e. The van der Waals surface area contributed by atoms with Crippen LogP contribution in [0.15, 0.2) is 54.7 Å². The third kappa shape index (κ3) is 2.63. The Morgan fingerprint density at radius 1 is 1.10 bits per heavy atom.